The van der Waals surface area contributed by atoms with Crippen LogP contribution >= 0.6 is 0 Å². The molecule has 0 spiro atoms. The van der Waals surface area contributed by atoms with E-state index in [9.17, 15) is 9.59 Å². The lowest BCUT2D eigenvalue weighted by Crippen LogP contribution is -2.52. The fourth-order valence-electron chi connectivity index (χ4n) is 3.53. The molecule has 0 bridgehead atoms. The number of carbonyl (C=O) groups excluding carboxylic acids is 2. The topological polar surface area (TPSA) is 82.7 Å². The van der Waals surface area contributed by atoms with Crippen molar-refractivity contribution in [3.8, 4) is 0 Å². The Morgan fingerprint density at radius 2 is 1.79 bits per heavy atom. The van der Waals surface area contributed by atoms with Crippen LogP contribution in [-0.4, -0.2) is 62.4 Å². The third kappa shape index (κ3) is 6.55. The predicted octanol–water partition coefficient (Wildman–Crippen LogP) is 1.83. The molecule has 24 heavy (non-hydrogen) atoms. The maximum atomic E-state index is 11.9. The van der Waals surface area contributed by atoms with Crippen LogP contribution in [0, 0.1) is 0 Å². The van der Waals surface area contributed by atoms with Crippen LogP contribution in [0.1, 0.15) is 51.4 Å². The second-order valence-electron chi connectivity index (χ2n) is 6.80. The number of methoxy groups -OCH3 is 1. The molecule has 2 rings (SSSR count). The SMILES string of the molecule is COC(=O)N1CCCC(NC(=O)NCCCNC2CCCCC2)C1. The van der Waals surface area contributed by atoms with E-state index in [2.05, 4.69) is 16.0 Å². The van der Waals surface area contributed by atoms with Crippen molar-refractivity contribution in [3.05, 3.63) is 0 Å². The lowest BCUT2D eigenvalue weighted by molar-refractivity contribution is 0.108. The number of carbonyl (C=O) groups is 2. The second kappa shape index (κ2) is 10.4. The Morgan fingerprint density at radius 1 is 1.04 bits per heavy atom. The van der Waals surface area contributed by atoms with Crippen LogP contribution < -0.4 is 16.0 Å². The number of urea groups is 1. The standard InChI is InChI=1S/C17H32N4O3/c1-24-17(23)21-12-5-9-15(13-21)20-16(22)19-11-6-10-18-14-7-3-2-4-8-14/h14-15,18H,2-13H2,1H3,(H2,19,20,22). The van der Waals surface area contributed by atoms with Crippen LogP contribution in [-0.2, 0) is 4.74 Å². The lowest BCUT2D eigenvalue weighted by Gasteiger charge is -2.32. The molecule has 7 nitrogen and oxygen atoms in total. The maximum Gasteiger partial charge on any atom is 0.409 e. The highest BCUT2D eigenvalue weighted by Crippen LogP contribution is 2.17. The zero-order valence-electron chi connectivity index (χ0n) is 14.8. The number of likely N-dealkylation sites (tertiary alicyclic amines) is 1. The van der Waals surface area contributed by atoms with Gasteiger partial charge in [-0.25, -0.2) is 9.59 Å². The summed E-state index contributed by atoms with van der Waals surface area (Å²) in [6.07, 6.45) is 8.99. The molecule has 1 saturated heterocycles. The van der Waals surface area contributed by atoms with E-state index >= 15 is 0 Å². The quantitative estimate of drug-likeness (QED) is 0.644. The molecule has 1 unspecified atom stereocenters. The van der Waals surface area contributed by atoms with Crippen molar-refractivity contribution in [2.24, 2.45) is 0 Å². The van der Waals surface area contributed by atoms with Gasteiger partial charge in [0.05, 0.1) is 7.11 Å². The van der Waals surface area contributed by atoms with Gasteiger partial charge in [-0.3, -0.25) is 0 Å². The van der Waals surface area contributed by atoms with Crippen LogP contribution in [0.3, 0.4) is 0 Å². The summed E-state index contributed by atoms with van der Waals surface area (Å²) < 4.78 is 4.74. The van der Waals surface area contributed by atoms with E-state index in [0.717, 1.165) is 25.8 Å². The van der Waals surface area contributed by atoms with Gasteiger partial charge in [0.25, 0.3) is 0 Å². The summed E-state index contributed by atoms with van der Waals surface area (Å²) in [5, 5.41) is 9.42. The highest BCUT2D eigenvalue weighted by Gasteiger charge is 2.25. The fourth-order valence-corrected chi connectivity index (χ4v) is 3.53. The molecule has 0 aromatic carbocycles. The minimum atomic E-state index is -0.323. The molecule has 138 valence electrons. The zero-order chi connectivity index (χ0) is 17.2. The van der Waals surface area contributed by atoms with Gasteiger partial charge in [-0.05, 0) is 38.6 Å². The Bertz CT molecular complexity index is 399. The summed E-state index contributed by atoms with van der Waals surface area (Å²) in [7, 11) is 1.38. The molecule has 7 heteroatoms. The number of hydrogen-bond donors (Lipinski definition) is 3. The lowest BCUT2D eigenvalue weighted by atomic mass is 9.95. The van der Waals surface area contributed by atoms with E-state index in [4.69, 9.17) is 4.74 Å². The summed E-state index contributed by atoms with van der Waals surface area (Å²) in [6.45, 7) is 2.83. The highest BCUT2D eigenvalue weighted by atomic mass is 16.5. The molecule has 2 fully saturated rings. The third-order valence-electron chi connectivity index (χ3n) is 4.87. The van der Waals surface area contributed by atoms with Crippen molar-refractivity contribution in [1.82, 2.24) is 20.9 Å². The van der Waals surface area contributed by atoms with Crippen LogP contribution in [0.5, 0.6) is 0 Å². The van der Waals surface area contributed by atoms with E-state index in [1.54, 1.807) is 4.90 Å². The molecule has 1 aliphatic heterocycles. The summed E-state index contributed by atoms with van der Waals surface area (Å²) in [5.74, 6) is 0. The predicted molar refractivity (Wildman–Crippen MR) is 93.0 cm³/mol. The van der Waals surface area contributed by atoms with Crippen molar-refractivity contribution in [1.29, 1.82) is 0 Å². The van der Waals surface area contributed by atoms with Crippen molar-refractivity contribution in [2.75, 3.05) is 33.3 Å². The summed E-state index contributed by atoms with van der Waals surface area (Å²) >= 11 is 0. The monoisotopic (exact) mass is 340 g/mol. The van der Waals surface area contributed by atoms with Crippen molar-refractivity contribution in [3.63, 3.8) is 0 Å². The molecule has 3 N–H and O–H groups in total. The Kier molecular flexibility index (Phi) is 8.15. The first-order valence-electron chi connectivity index (χ1n) is 9.29. The average molecular weight is 340 g/mol. The molecule has 1 heterocycles. The van der Waals surface area contributed by atoms with Gasteiger partial charge in [-0.1, -0.05) is 19.3 Å². The van der Waals surface area contributed by atoms with Gasteiger partial charge < -0.3 is 25.6 Å². The number of amides is 3. The molecule has 1 atom stereocenters. The van der Waals surface area contributed by atoms with E-state index in [1.165, 1.54) is 39.2 Å². The fraction of sp³-hybridized carbons (Fsp3) is 0.882. The molecule has 1 aliphatic carbocycles. The van der Waals surface area contributed by atoms with Crippen LogP contribution in [0.2, 0.25) is 0 Å². The summed E-state index contributed by atoms with van der Waals surface area (Å²) in [4.78, 5) is 25.1. The summed E-state index contributed by atoms with van der Waals surface area (Å²) in [6, 6.07) is 0.515. The largest absolute Gasteiger partial charge is 0.453 e. The Hall–Kier alpha value is -1.50. The molecule has 1 saturated carbocycles. The second-order valence-corrected chi connectivity index (χ2v) is 6.80. The highest BCUT2D eigenvalue weighted by molar-refractivity contribution is 5.74. The molecule has 0 radical (unpaired) electrons. The Labute approximate surface area is 144 Å². The maximum absolute atomic E-state index is 11.9. The van der Waals surface area contributed by atoms with Gasteiger partial charge >= 0.3 is 12.1 Å². The third-order valence-corrected chi connectivity index (χ3v) is 4.87. The first-order chi connectivity index (χ1) is 11.7. The minimum Gasteiger partial charge on any atom is -0.453 e. The van der Waals surface area contributed by atoms with Crippen molar-refractivity contribution < 1.29 is 14.3 Å². The van der Waals surface area contributed by atoms with Crippen LogP contribution in [0.25, 0.3) is 0 Å². The number of ether oxygens (including phenoxy) is 1. The number of rotatable bonds is 6. The number of hydrogen-bond acceptors (Lipinski definition) is 4. The van der Waals surface area contributed by atoms with E-state index < -0.39 is 0 Å². The van der Waals surface area contributed by atoms with Gasteiger partial charge in [0.15, 0.2) is 0 Å². The van der Waals surface area contributed by atoms with Gasteiger partial charge in [0.1, 0.15) is 0 Å². The molecule has 0 aromatic rings. The Balaban J connectivity index is 1.53. The van der Waals surface area contributed by atoms with Crippen LogP contribution in [0.4, 0.5) is 9.59 Å². The first kappa shape index (κ1) is 18.8. The normalized spacial score (nSPS) is 22.0. The van der Waals surface area contributed by atoms with E-state index in [-0.39, 0.29) is 18.2 Å². The van der Waals surface area contributed by atoms with Crippen molar-refractivity contribution in [2.45, 2.75) is 63.5 Å². The summed E-state index contributed by atoms with van der Waals surface area (Å²) in [5.41, 5.74) is 0. The zero-order valence-corrected chi connectivity index (χ0v) is 14.8. The van der Waals surface area contributed by atoms with Gasteiger partial charge in [0.2, 0.25) is 0 Å². The number of nitrogens with one attached hydrogen (secondary N) is 3. The molecular formula is C17H32N4O3. The smallest absolute Gasteiger partial charge is 0.409 e. The molecule has 0 aromatic heterocycles. The molecular weight excluding hydrogens is 308 g/mol. The number of nitrogens with zero attached hydrogens (tertiary/aromatic N) is 1. The van der Waals surface area contributed by atoms with Crippen molar-refractivity contribution >= 4 is 12.1 Å². The number of piperidine rings is 1. The first-order valence-corrected chi connectivity index (χ1v) is 9.29. The minimum absolute atomic E-state index is 0.00165. The van der Waals surface area contributed by atoms with Crippen LogP contribution in [0.15, 0.2) is 0 Å². The van der Waals surface area contributed by atoms with Gasteiger partial charge in [-0.15, -0.1) is 0 Å². The molecule has 2 aliphatic rings. The van der Waals surface area contributed by atoms with Gasteiger partial charge in [-0.2, -0.15) is 0 Å². The Morgan fingerprint density at radius 3 is 2.54 bits per heavy atom. The van der Waals surface area contributed by atoms with Gasteiger partial charge in [0, 0.05) is 31.7 Å². The van der Waals surface area contributed by atoms with E-state index in [1.807, 2.05) is 0 Å². The average Bonchev–Trinajstić information content (AvgIpc) is 2.62. The van der Waals surface area contributed by atoms with E-state index in [0.29, 0.717) is 25.7 Å². The molecule has 3 amide bonds.